The van der Waals surface area contributed by atoms with Gasteiger partial charge in [-0.15, -0.1) is 0 Å². The molecule has 0 aliphatic carbocycles. The van der Waals surface area contributed by atoms with Gasteiger partial charge in [0.1, 0.15) is 0 Å². The molecule has 0 spiro atoms. The van der Waals surface area contributed by atoms with Crippen LogP contribution in [0.2, 0.25) is 0 Å². The van der Waals surface area contributed by atoms with Crippen molar-refractivity contribution in [3.63, 3.8) is 0 Å². The monoisotopic (exact) mass is 380 g/mol. The number of methoxy groups -OCH3 is 1. The van der Waals surface area contributed by atoms with Crippen molar-refractivity contribution in [2.75, 3.05) is 25.6 Å². The second kappa shape index (κ2) is 8.25. The summed E-state index contributed by atoms with van der Waals surface area (Å²) in [6, 6.07) is 17.3. The van der Waals surface area contributed by atoms with E-state index in [2.05, 4.69) is 10.1 Å². The highest BCUT2D eigenvalue weighted by atomic mass is 16.5. The number of para-hydroxylation sites is 1. The lowest BCUT2D eigenvalue weighted by Crippen LogP contribution is -2.44. The number of rotatable bonds is 7. The molecule has 0 fully saturated rings. The Bertz CT molecular complexity index is 881. The van der Waals surface area contributed by atoms with Crippen LogP contribution in [0.1, 0.15) is 24.0 Å². The molecule has 0 bridgehead atoms. The second-order valence-corrected chi connectivity index (χ2v) is 6.98. The molecule has 2 aromatic carbocycles. The van der Waals surface area contributed by atoms with Crippen molar-refractivity contribution >= 4 is 23.5 Å². The van der Waals surface area contributed by atoms with Crippen molar-refractivity contribution in [2.45, 2.75) is 24.7 Å². The number of fused-ring (bicyclic) bond motifs is 1. The lowest BCUT2D eigenvalue weighted by Gasteiger charge is -2.28. The summed E-state index contributed by atoms with van der Waals surface area (Å²) in [6.45, 7) is 0.179. The average Bonchev–Trinajstić information content (AvgIpc) is 2.91. The summed E-state index contributed by atoms with van der Waals surface area (Å²) in [5, 5.41) is 2.74. The first-order chi connectivity index (χ1) is 13.5. The molecule has 3 rings (SSSR count). The predicted molar refractivity (Wildman–Crippen MR) is 106 cm³/mol. The Balaban J connectivity index is 1.89. The maximum atomic E-state index is 13.3. The van der Waals surface area contributed by atoms with E-state index in [-0.39, 0.29) is 37.2 Å². The fourth-order valence-electron chi connectivity index (χ4n) is 3.81. The van der Waals surface area contributed by atoms with Gasteiger partial charge in [-0.2, -0.15) is 0 Å². The van der Waals surface area contributed by atoms with Gasteiger partial charge < -0.3 is 15.0 Å². The first-order valence-electron chi connectivity index (χ1n) is 9.23. The summed E-state index contributed by atoms with van der Waals surface area (Å²) < 4.78 is 4.59. The molecule has 0 unspecified atom stereocenters. The number of hydrogen-bond acceptors (Lipinski definition) is 4. The van der Waals surface area contributed by atoms with Gasteiger partial charge in [-0.3, -0.25) is 14.4 Å². The van der Waals surface area contributed by atoms with Crippen LogP contribution in [0, 0.1) is 0 Å². The quantitative estimate of drug-likeness (QED) is 0.748. The van der Waals surface area contributed by atoms with Gasteiger partial charge in [0.15, 0.2) is 0 Å². The smallest absolute Gasteiger partial charge is 0.307 e. The van der Waals surface area contributed by atoms with Gasteiger partial charge in [-0.25, -0.2) is 0 Å². The number of carbonyl (C=O) groups is 3. The number of ether oxygens (including phenoxy) is 1. The third-order valence-electron chi connectivity index (χ3n) is 5.19. The van der Waals surface area contributed by atoms with Crippen LogP contribution in [-0.2, 0) is 31.0 Å². The molecule has 1 aliphatic rings. The van der Waals surface area contributed by atoms with E-state index in [1.54, 1.807) is 11.9 Å². The summed E-state index contributed by atoms with van der Waals surface area (Å²) in [7, 11) is 3.05. The van der Waals surface area contributed by atoms with E-state index in [9.17, 15) is 14.4 Å². The lowest BCUT2D eigenvalue weighted by atomic mass is 9.73. The molecule has 28 heavy (non-hydrogen) atoms. The van der Waals surface area contributed by atoms with Crippen LogP contribution in [-0.4, -0.2) is 38.5 Å². The maximum absolute atomic E-state index is 13.3. The number of nitrogens with one attached hydrogen (secondary N) is 1. The summed E-state index contributed by atoms with van der Waals surface area (Å²) in [4.78, 5) is 38.9. The largest absolute Gasteiger partial charge is 0.469 e. The molecule has 6 heteroatoms. The molecule has 0 saturated heterocycles. The van der Waals surface area contributed by atoms with Crippen LogP contribution in [0.4, 0.5) is 5.69 Å². The minimum absolute atomic E-state index is 0.0171. The van der Waals surface area contributed by atoms with Gasteiger partial charge in [-0.1, -0.05) is 48.5 Å². The van der Waals surface area contributed by atoms with Gasteiger partial charge >= 0.3 is 5.97 Å². The highest BCUT2D eigenvalue weighted by Crippen LogP contribution is 2.45. The molecule has 0 saturated carbocycles. The van der Waals surface area contributed by atoms with Crippen LogP contribution < -0.4 is 10.2 Å². The molecule has 0 aromatic heterocycles. The Kier molecular flexibility index (Phi) is 5.78. The van der Waals surface area contributed by atoms with E-state index < -0.39 is 5.41 Å². The minimum atomic E-state index is -0.970. The third-order valence-corrected chi connectivity index (χ3v) is 5.19. The average molecular weight is 380 g/mol. The van der Waals surface area contributed by atoms with Crippen molar-refractivity contribution in [3.8, 4) is 0 Å². The molecule has 2 amide bonds. The molecule has 6 nitrogen and oxygen atoms in total. The number of anilines is 1. The summed E-state index contributed by atoms with van der Waals surface area (Å²) in [6.07, 6.45) is 0.542. The number of amides is 2. The van der Waals surface area contributed by atoms with Crippen molar-refractivity contribution in [1.82, 2.24) is 5.32 Å². The van der Waals surface area contributed by atoms with E-state index in [1.165, 1.54) is 7.11 Å². The molecule has 1 aliphatic heterocycles. The normalized spacial score (nSPS) is 17.9. The number of carbonyl (C=O) groups excluding carboxylic acids is 3. The van der Waals surface area contributed by atoms with Crippen LogP contribution >= 0.6 is 0 Å². The van der Waals surface area contributed by atoms with Gasteiger partial charge in [-0.05, 0) is 23.6 Å². The van der Waals surface area contributed by atoms with Crippen LogP contribution in [0.5, 0.6) is 0 Å². The molecular weight excluding hydrogens is 356 g/mol. The summed E-state index contributed by atoms with van der Waals surface area (Å²) in [5.74, 6) is -0.750. The molecule has 0 radical (unpaired) electrons. The minimum Gasteiger partial charge on any atom is -0.469 e. The van der Waals surface area contributed by atoms with Crippen LogP contribution in [0.15, 0.2) is 54.6 Å². The zero-order valence-electron chi connectivity index (χ0n) is 16.1. The van der Waals surface area contributed by atoms with Crippen molar-refractivity contribution < 1.29 is 19.1 Å². The first kappa shape index (κ1) is 19.6. The first-order valence-corrected chi connectivity index (χ1v) is 9.23. The highest BCUT2D eigenvalue weighted by molar-refractivity contribution is 6.09. The lowest BCUT2D eigenvalue weighted by molar-refractivity contribution is -0.140. The summed E-state index contributed by atoms with van der Waals surface area (Å²) in [5.41, 5.74) is 1.70. The molecule has 1 atom stereocenters. The molecule has 2 aromatic rings. The van der Waals surface area contributed by atoms with E-state index >= 15 is 0 Å². The fourth-order valence-corrected chi connectivity index (χ4v) is 3.81. The number of likely N-dealkylation sites (N-methyl/N-ethyl adjacent to an activating group) is 1. The molecule has 1 heterocycles. The highest BCUT2D eigenvalue weighted by Gasteiger charge is 2.50. The van der Waals surface area contributed by atoms with E-state index in [1.807, 2.05) is 54.6 Å². The molecule has 1 N–H and O–H groups in total. The van der Waals surface area contributed by atoms with Crippen molar-refractivity contribution in [2.24, 2.45) is 0 Å². The van der Waals surface area contributed by atoms with E-state index in [0.717, 1.165) is 16.8 Å². The van der Waals surface area contributed by atoms with Crippen molar-refractivity contribution in [3.05, 3.63) is 65.7 Å². The zero-order valence-corrected chi connectivity index (χ0v) is 16.1. The molecular formula is C22H24N2O4. The number of benzene rings is 2. The topological polar surface area (TPSA) is 75.7 Å². The van der Waals surface area contributed by atoms with Crippen LogP contribution in [0.3, 0.4) is 0 Å². The van der Waals surface area contributed by atoms with Gasteiger partial charge in [0, 0.05) is 25.7 Å². The van der Waals surface area contributed by atoms with Crippen molar-refractivity contribution in [1.29, 1.82) is 0 Å². The number of esters is 1. The maximum Gasteiger partial charge on any atom is 0.307 e. The zero-order chi connectivity index (χ0) is 20.1. The Labute approximate surface area is 164 Å². The predicted octanol–water partition coefficient (Wildman–Crippen LogP) is 2.21. The van der Waals surface area contributed by atoms with Crippen LogP contribution in [0.25, 0.3) is 0 Å². The summed E-state index contributed by atoms with van der Waals surface area (Å²) >= 11 is 0. The Hall–Kier alpha value is -3.15. The Morgan fingerprint density at radius 3 is 2.46 bits per heavy atom. The SMILES string of the molecule is COC(=O)CCNC(=O)C[C@]1(Cc2ccccc2)C(=O)N(C)c2ccccc21. The fraction of sp³-hybridized carbons (Fsp3) is 0.318. The standard InChI is InChI=1S/C22H24N2O4/c1-24-18-11-7-6-10-17(18)22(21(24)27,14-16-8-4-3-5-9-16)15-19(25)23-13-12-20(26)28-2/h3-11H,12-15H2,1-2H3,(H,23,25)/t22-/m0/s1. The van der Waals surface area contributed by atoms with Gasteiger partial charge in [0.05, 0.1) is 18.9 Å². The van der Waals surface area contributed by atoms with E-state index in [4.69, 9.17) is 0 Å². The Morgan fingerprint density at radius 2 is 1.75 bits per heavy atom. The number of nitrogens with zero attached hydrogens (tertiary/aromatic N) is 1. The second-order valence-electron chi connectivity index (χ2n) is 6.98. The number of hydrogen-bond donors (Lipinski definition) is 1. The Morgan fingerprint density at radius 1 is 1.07 bits per heavy atom. The van der Waals surface area contributed by atoms with Gasteiger partial charge in [0.2, 0.25) is 11.8 Å². The third kappa shape index (κ3) is 3.76. The molecule has 146 valence electrons. The van der Waals surface area contributed by atoms with Gasteiger partial charge in [0.25, 0.3) is 0 Å². The van der Waals surface area contributed by atoms with E-state index in [0.29, 0.717) is 6.42 Å².